The number of carbonyl (C=O) groups excluding carboxylic acids is 1. The Morgan fingerprint density at radius 3 is 2.55 bits per heavy atom. The topological polar surface area (TPSA) is 47.8 Å². The Balaban J connectivity index is 2.15. The van der Waals surface area contributed by atoms with E-state index in [9.17, 15) is 4.79 Å². The molecule has 20 heavy (non-hydrogen) atoms. The average Bonchev–Trinajstić information content (AvgIpc) is 2.92. The highest BCUT2D eigenvalue weighted by Crippen LogP contribution is 2.25. The lowest BCUT2D eigenvalue weighted by molar-refractivity contribution is 0.112. The summed E-state index contributed by atoms with van der Waals surface area (Å²) < 4.78 is 2.62. The molecule has 1 aromatic carbocycles. The third kappa shape index (κ3) is 2.28. The number of hydrogen-bond donors (Lipinski definition) is 0. The van der Waals surface area contributed by atoms with Crippen LogP contribution in [0.15, 0.2) is 59.5 Å². The maximum Gasteiger partial charge on any atom is 0.153 e. The fourth-order valence-corrected chi connectivity index (χ4v) is 2.44. The van der Waals surface area contributed by atoms with Crippen molar-refractivity contribution in [2.75, 3.05) is 0 Å². The Hall–Kier alpha value is -2.27. The van der Waals surface area contributed by atoms with Gasteiger partial charge in [0.15, 0.2) is 6.29 Å². The minimum absolute atomic E-state index is 0.548. The van der Waals surface area contributed by atoms with Crippen molar-refractivity contribution in [3.8, 4) is 16.9 Å². The smallest absolute Gasteiger partial charge is 0.153 e. The first-order chi connectivity index (χ1) is 9.79. The van der Waals surface area contributed by atoms with Crippen LogP contribution in [0.3, 0.4) is 0 Å². The molecule has 0 spiro atoms. The van der Waals surface area contributed by atoms with Gasteiger partial charge in [0, 0.05) is 28.6 Å². The molecule has 2 aromatic heterocycles. The van der Waals surface area contributed by atoms with Crippen LogP contribution < -0.4 is 0 Å². The van der Waals surface area contributed by atoms with Crippen molar-refractivity contribution >= 4 is 22.2 Å². The second-order valence-electron chi connectivity index (χ2n) is 4.18. The summed E-state index contributed by atoms with van der Waals surface area (Å²) in [6, 6.07) is 11.4. The van der Waals surface area contributed by atoms with Crippen LogP contribution >= 0.6 is 15.9 Å². The van der Waals surface area contributed by atoms with Crippen molar-refractivity contribution in [1.29, 1.82) is 0 Å². The van der Waals surface area contributed by atoms with Crippen LogP contribution in [0, 0.1) is 0 Å². The third-order valence-corrected chi connectivity index (χ3v) is 3.59. The van der Waals surface area contributed by atoms with Crippen LogP contribution in [0.2, 0.25) is 0 Å². The maximum atomic E-state index is 11.2. The van der Waals surface area contributed by atoms with Gasteiger partial charge in [0.2, 0.25) is 0 Å². The number of nitrogens with zero attached hydrogens (tertiary/aromatic N) is 3. The molecule has 0 saturated carbocycles. The van der Waals surface area contributed by atoms with Gasteiger partial charge >= 0.3 is 0 Å². The molecule has 4 nitrogen and oxygen atoms in total. The van der Waals surface area contributed by atoms with Crippen LogP contribution in [0.25, 0.3) is 16.9 Å². The summed E-state index contributed by atoms with van der Waals surface area (Å²) >= 11 is 3.49. The molecule has 3 rings (SSSR count). The predicted molar refractivity (Wildman–Crippen MR) is 79.9 cm³/mol. The number of para-hydroxylation sites is 1. The zero-order valence-electron chi connectivity index (χ0n) is 10.4. The highest BCUT2D eigenvalue weighted by Gasteiger charge is 2.12. The molecular weight excluding hydrogens is 318 g/mol. The number of hydrogen-bond acceptors (Lipinski definition) is 3. The summed E-state index contributed by atoms with van der Waals surface area (Å²) in [5.41, 5.74) is 2.95. The lowest BCUT2D eigenvalue weighted by Crippen LogP contribution is -1.95. The monoisotopic (exact) mass is 327 g/mol. The Morgan fingerprint density at radius 1 is 1.10 bits per heavy atom. The number of halogens is 1. The van der Waals surface area contributed by atoms with E-state index in [1.165, 1.54) is 0 Å². The van der Waals surface area contributed by atoms with Crippen molar-refractivity contribution in [1.82, 2.24) is 14.8 Å². The SMILES string of the molecule is O=Cc1cn(-c2ccccc2Br)nc1-c1ccncc1. The molecule has 0 aliphatic heterocycles. The van der Waals surface area contributed by atoms with E-state index in [-0.39, 0.29) is 0 Å². The molecule has 0 N–H and O–H groups in total. The van der Waals surface area contributed by atoms with Gasteiger partial charge in [-0.3, -0.25) is 9.78 Å². The fraction of sp³-hybridized carbons (Fsp3) is 0. The van der Waals surface area contributed by atoms with Gasteiger partial charge in [0.25, 0.3) is 0 Å². The van der Waals surface area contributed by atoms with E-state index in [1.807, 2.05) is 36.4 Å². The fourth-order valence-electron chi connectivity index (χ4n) is 1.97. The molecule has 2 heterocycles. The Bertz CT molecular complexity index is 753. The largest absolute Gasteiger partial charge is 0.298 e. The second kappa shape index (κ2) is 5.38. The molecule has 0 unspecified atom stereocenters. The number of carbonyl (C=O) groups is 1. The summed E-state index contributed by atoms with van der Waals surface area (Å²) in [5, 5.41) is 4.51. The van der Waals surface area contributed by atoms with Crippen molar-refractivity contribution in [2.45, 2.75) is 0 Å². The molecule has 0 atom stereocenters. The summed E-state index contributed by atoms with van der Waals surface area (Å²) in [4.78, 5) is 15.2. The molecule has 3 aromatic rings. The summed E-state index contributed by atoms with van der Waals surface area (Å²) in [6.45, 7) is 0. The van der Waals surface area contributed by atoms with E-state index < -0.39 is 0 Å². The van der Waals surface area contributed by atoms with E-state index in [0.717, 1.165) is 22.0 Å². The average molecular weight is 328 g/mol. The van der Waals surface area contributed by atoms with Crippen LogP contribution in [-0.2, 0) is 0 Å². The quantitative estimate of drug-likeness (QED) is 0.691. The van der Waals surface area contributed by atoms with Crippen molar-refractivity contribution in [3.05, 3.63) is 65.0 Å². The lowest BCUT2D eigenvalue weighted by atomic mass is 10.1. The minimum Gasteiger partial charge on any atom is -0.298 e. The molecule has 0 aliphatic carbocycles. The van der Waals surface area contributed by atoms with Gasteiger partial charge in [0.05, 0.1) is 11.3 Å². The summed E-state index contributed by atoms with van der Waals surface area (Å²) in [6.07, 6.45) is 5.90. The standard InChI is InChI=1S/C15H10BrN3O/c16-13-3-1-2-4-14(13)19-9-12(10-20)15(18-19)11-5-7-17-8-6-11/h1-10H. The second-order valence-corrected chi connectivity index (χ2v) is 5.04. The summed E-state index contributed by atoms with van der Waals surface area (Å²) in [5.74, 6) is 0. The number of pyridine rings is 1. The van der Waals surface area contributed by atoms with Crippen molar-refractivity contribution in [2.24, 2.45) is 0 Å². The van der Waals surface area contributed by atoms with E-state index >= 15 is 0 Å². The third-order valence-electron chi connectivity index (χ3n) is 2.92. The first-order valence-electron chi connectivity index (χ1n) is 6.00. The number of benzene rings is 1. The molecule has 0 radical (unpaired) electrons. The first kappa shape index (κ1) is 12.7. The zero-order valence-corrected chi connectivity index (χ0v) is 12.0. The Kier molecular flexibility index (Phi) is 3.43. The van der Waals surface area contributed by atoms with E-state index in [4.69, 9.17) is 0 Å². The van der Waals surface area contributed by atoms with Gasteiger partial charge in [-0.05, 0) is 40.2 Å². The van der Waals surface area contributed by atoms with Crippen molar-refractivity contribution < 1.29 is 4.79 Å². The van der Waals surface area contributed by atoms with Crippen LogP contribution in [0.4, 0.5) is 0 Å². The highest BCUT2D eigenvalue weighted by atomic mass is 79.9. The Labute approximate surface area is 124 Å². The number of aromatic nitrogens is 3. The zero-order chi connectivity index (χ0) is 13.9. The van der Waals surface area contributed by atoms with Crippen LogP contribution in [-0.4, -0.2) is 21.1 Å². The van der Waals surface area contributed by atoms with Crippen LogP contribution in [0.1, 0.15) is 10.4 Å². The van der Waals surface area contributed by atoms with Crippen LogP contribution in [0.5, 0.6) is 0 Å². The summed E-state index contributed by atoms with van der Waals surface area (Å²) in [7, 11) is 0. The van der Waals surface area contributed by atoms with Gasteiger partial charge in [-0.1, -0.05) is 12.1 Å². The molecule has 0 fully saturated rings. The normalized spacial score (nSPS) is 10.4. The van der Waals surface area contributed by atoms with Gasteiger partial charge in [0.1, 0.15) is 5.69 Å². The minimum atomic E-state index is 0.548. The molecule has 0 saturated heterocycles. The molecule has 0 aliphatic rings. The maximum absolute atomic E-state index is 11.2. The predicted octanol–water partition coefficient (Wildman–Crippen LogP) is 3.51. The highest BCUT2D eigenvalue weighted by molar-refractivity contribution is 9.10. The molecular formula is C15H10BrN3O. The number of rotatable bonds is 3. The number of aldehydes is 1. The van der Waals surface area contributed by atoms with E-state index in [0.29, 0.717) is 11.3 Å². The van der Waals surface area contributed by atoms with Crippen molar-refractivity contribution in [3.63, 3.8) is 0 Å². The molecule has 0 amide bonds. The Morgan fingerprint density at radius 2 is 1.85 bits per heavy atom. The molecule has 5 heteroatoms. The van der Waals surface area contributed by atoms with Gasteiger partial charge in [-0.25, -0.2) is 4.68 Å². The van der Waals surface area contributed by atoms with E-state index in [2.05, 4.69) is 26.0 Å². The van der Waals surface area contributed by atoms with E-state index in [1.54, 1.807) is 23.3 Å². The molecule has 98 valence electrons. The van der Waals surface area contributed by atoms with Gasteiger partial charge in [-0.2, -0.15) is 5.10 Å². The first-order valence-corrected chi connectivity index (χ1v) is 6.79. The van der Waals surface area contributed by atoms with Gasteiger partial charge < -0.3 is 0 Å². The molecule has 0 bridgehead atoms. The lowest BCUT2D eigenvalue weighted by Gasteiger charge is -2.03. The van der Waals surface area contributed by atoms with Gasteiger partial charge in [-0.15, -0.1) is 0 Å².